The van der Waals surface area contributed by atoms with Crippen molar-refractivity contribution < 1.29 is 0 Å². The molecule has 1 aromatic carbocycles. The summed E-state index contributed by atoms with van der Waals surface area (Å²) in [7, 11) is 1.95. The summed E-state index contributed by atoms with van der Waals surface area (Å²) in [5.41, 5.74) is 3.16. The van der Waals surface area contributed by atoms with Gasteiger partial charge in [-0.25, -0.2) is 0 Å². The number of anilines is 1. The van der Waals surface area contributed by atoms with Crippen LogP contribution in [0.3, 0.4) is 0 Å². The largest absolute Gasteiger partial charge is 0.365 e. The summed E-state index contributed by atoms with van der Waals surface area (Å²) < 4.78 is 1.97. The van der Waals surface area contributed by atoms with E-state index in [0.717, 1.165) is 23.9 Å². The quantitative estimate of drug-likeness (QED) is 0.820. The first kappa shape index (κ1) is 15.3. The highest BCUT2D eigenvalue weighted by Crippen LogP contribution is 2.33. The molecule has 0 spiro atoms. The maximum Gasteiger partial charge on any atom is 0.121 e. The summed E-state index contributed by atoms with van der Waals surface area (Å²) >= 11 is 0. The van der Waals surface area contributed by atoms with Crippen LogP contribution >= 0.6 is 0 Å². The number of aryl methyl sites for hydroxylation is 1. The number of hydrogen-bond donors (Lipinski definition) is 1. The number of aromatic nitrogens is 1. The molecule has 0 bridgehead atoms. The molecule has 0 radical (unpaired) electrons. The highest BCUT2D eigenvalue weighted by Gasteiger charge is 2.39. The van der Waals surface area contributed by atoms with E-state index in [-0.39, 0.29) is 5.54 Å². The minimum absolute atomic E-state index is 0.0757. The third-order valence-corrected chi connectivity index (χ3v) is 5.38. The number of fused-ring (bicyclic) bond motifs is 2. The summed E-state index contributed by atoms with van der Waals surface area (Å²) in [5, 5.41) is 14.2. The van der Waals surface area contributed by atoms with Crippen LogP contribution in [0.2, 0.25) is 0 Å². The average molecular weight is 320 g/mol. The van der Waals surface area contributed by atoms with Gasteiger partial charge in [-0.15, -0.1) is 0 Å². The Hall–Kier alpha value is -2.25. The second kappa shape index (κ2) is 5.39. The summed E-state index contributed by atoms with van der Waals surface area (Å²) in [5.74, 6) is 0. The molecule has 4 rings (SSSR count). The predicted molar refractivity (Wildman–Crippen MR) is 98.1 cm³/mol. The maximum absolute atomic E-state index is 9.26. The van der Waals surface area contributed by atoms with Crippen molar-refractivity contribution in [3.8, 4) is 6.07 Å². The Bertz CT molecular complexity index is 852. The van der Waals surface area contributed by atoms with E-state index in [2.05, 4.69) is 60.5 Å². The van der Waals surface area contributed by atoms with Gasteiger partial charge in [-0.1, -0.05) is 12.2 Å². The van der Waals surface area contributed by atoms with Crippen molar-refractivity contribution in [2.45, 2.75) is 44.3 Å². The van der Waals surface area contributed by atoms with Crippen molar-refractivity contribution in [2.75, 3.05) is 11.4 Å². The Morgan fingerprint density at radius 2 is 2.12 bits per heavy atom. The van der Waals surface area contributed by atoms with Crippen LogP contribution in [-0.2, 0) is 7.05 Å². The van der Waals surface area contributed by atoms with Gasteiger partial charge >= 0.3 is 0 Å². The molecule has 2 aromatic rings. The molecule has 1 N–H and O–H groups in total. The number of allylic oxidation sites excluding steroid dienone is 1. The van der Waals surface area contributed by atoms with Crippen LogP contribution in [-0.4, -0.2) is 28.7 Å². The number of nitrogens with one attached hydrogen (secondary N) is 1. The fourth-order valence-electron chi connectivity index (χ4n) is 4.26. The van der Waals surface area contributed by atoms with E-state index in [1.807, 2.05) is 17.7 Å². The molecule has 0 saturated carbocycles. The number of nitriles is 1. The zero-order chi connectivity index (χ0) is 16.9. The van der Waals surface area contributed by atoms with E-state index in [9.17, 15) is 5.26 Å². The van der Waals surface area contributed by atoms with Crippen molar-refractivity contribution in [2.24, 2.45) is 7.05 Å². The van der Waals surface area contributed by atoms with Crippen molar-refractivity contribution in [1.29, 1.82) is 5.26 Å². The van der Waals surface area contributed by atoms with E-state index in [1.165, 1.54) is 12.1 Å². The second-order valence-corrected chi connectivity index (χ2v) is 7.70. The molecule has 2 aliphatic rings. The molecule has 1 aliphatic carbocycles. The van der Waals surface area contributed by atoms with Crippen molar-refractivity contribution >= 4 is 16.6 Å². The van der Waals surface area contributed by atoms with Crippen LogP contribution in [0, 0.1) is 11.3 Å². The molecule has 1 aliphatic heterocycles. The molecule has 1 aromatic heterocycles. The van der Waals surface area contributed by atoms with Gasteiger partial charge in [0.1, 0.15) is 11.8 Å². The molecule has 0 unspecified atom stereocenters. The molecular weight excluding hydrogens is 296 g/mol. The standard InChI is InChI=1S/C20H24N4/c1-20(2)13-24(19-7-5-4-6-17(19)22-20)15-8-9-18-14(10-15)11-16(12-21)23(18)3/h4,6,8-11,17,19,22H,5,7,13H2,1-3H3/t17-,19+/m1/s1. The van der Waals surface area contributed by atoms with Crippen molar-refractivity contribution in [3.63, 3.8) is 0 Å². The molecule has 2 heterocycles. The van der Waals surface area contributed by atoms with E-state index < -0.39 is 0 Å². The summed E-state index contributed by atoms with van der Waals surface area (Å²) in [6.07, 6.45) is 6.96. The van der Waals surface area contributed by atoms with E-state index >= 15 is 0 Å². The first-order valence-corrected chi connectivity index (χ1v) is 8.69. The third kappa shape index (κ3) is 2.40. The molecule has 4 nitrogen and oxygen atoms in total. The Labute approximate surface area is 143 Å². The van der Waals surface area contributed by atoms with Crippen LogP contribution < -0.4 is 10.2 Å². The van der Waals surface area contributed by atoms with Gasteiger partial charge in [-0.05, 0) is 51.0 Å². The van der Waals surface area contributed by atoms with Crippen LogP contribution in [0.25, 0.3) is 10.9 Å². The summed E-state index contributed by atoms with van der Waals surface area (Å²) in [6, 6.07) is 11.8. The Morgan fingerprint density at radius 1 is 1.29 bits per heavy atom. The van der Waals surface area contributed by atoms with E-state index in [1.54, 1.807) is 0 Å². The van der Waals surface area contributed by atoms with Gasteiger partial charge in [0, 0.05) is 47.8 Å². The molecule has 4 heteroatoms. The monoisotopic (exact) mass is 320 g/mol. The SMILES string of the molecule is Cn1c(C#N)cc2cc(N3CC(C)(C)N[C@@H]4C=CCC[C@@H]43)ccc21. The van der Waals surface area contributed by atoms with Gasteiger partial charge in [0.05, 0.1) is 0 Å². The lowest BCUT2D eigenvalue weighted by Crippen LogP contribution is -2.66. The number of nitrogens with zero attached hydrogens (tertiary/aromatic N) is 3. The summed E-state index contributed by atoms with van der Waals surface area (Å²) in [6.45, 7) is 5.53. The minimum atomic E-state index is 0.0757. The van der Waals surface area contributed by atoms with Gasteiger partial charge < -0.3 is 14.8 Å². The molecule has 24 heavy (non-hydrogen) atoms. The van der Waals surface area contributed by atoms with Crippen LogP contribution in [0.15, 0.2) is 36.4 Å². The molecule has 124 valence electrons. The Kier molecular flexibility index (Phi) is 3.43. The first-order valence-electron chi connectivity index (χ1n) is 8.69. The molecular formula is C20H24N4. The third-order valence-electron chi connectivity index (χ3n) is 5.38. The van der Waals surface area contributed by atoms with Gasteiger partial charge in [0.15, 0.2) is 0 Å². The average Bonchev–Trinajstić information content (AvgIpc) is 2.89. The van der Waals surface area contributed by atoms with Crippen LogP contribution in [0.4, 0.5) is 5.69 Å². The molecule has 0 amide bonds. The van der Waals surface area contributed by atoms with E-state index in [4.69, 9.17) is 0 Å². The minimum Gasteiger partial charge on any atom is -0.365 e. The fourth-order valence-corrected chi connectivity index (χ4v) is 4.26. The second-order valence-electron chi connectivity index (χ2n) is 7.70. The fraction of sp³-hybridized carbons (Fsp3) is 0.450. The summed E-state index contributed by atoms with van der Waals surface area (Å²) in [4.78, 5) is 2.56. The zero-order valence-electron chi connectivity index (χ0n) is 14.6. The maximum atomic E-state index is 9.26. The van der Waals surface area contributed by atoms with Crippen LogP contribution in [0.5, 0.6) is 0 Å². The van der Waals surface area contributed by atoms with Gasteiger partial charge in [-0.3, -0.25) is 0 Å². The van der Waals surface area contributed by atoms with Crippen molar-refractivity contribution in [3.05, 3.63) is 42.1 Å². The predicted octanol–water partition coefficient (Wildman–Crippen LogP) is 3.33. The lowest BCUT2D eigenvalue weighted by atomic mass is 9.87. The van der Waals surface area contributed by atoms with Gasteiger partial charge in [-0.2, -0.15) is 5.26 Å². The number of piperazine rings is 1. The van der Waals surface area contributed by atoms with Gasteiger partial charge in [0.2, 0.25) is 0 Å². The highest BCUT2D eigenvalue weighted by molar-refractivity contribution is 5.86. The van der Waals surface area contributed by atoms with Crippen LogP contribution in [0.1, 0.15) is 32.4 Å². The molecule has 1 fully saturated rings. The first-order chi connectivity index (χ1) is 11.5. The number of benzene rings is 1. The smallest absolute Gasteiger partial charge is 0.121 e. The Morgan fingerprint density at radius 3 is 2.92 bits per heavy atom. The lowest BCUT2D eigenvalue weighted by molar-refractivity contribution is 0.258. The van der Waals surface area contributed by atoms with Crippen molar-refractivity contribution in [1.82, 2.24) is 9.88 Å². The number of rotatable bonds is 1. The zero-order valence-corrected chi connectivity index (χ0v) is 14.6. The topological polar surface area (TPSA) is 44.0 Å². The Balaban J connectivity index is 1.77. The lowest BCUT2D eigenvalue weighted by Gasteiger charge is -2.51. The number of hydrogen-bond acceptors (Lipinski definition) is 3. The molecule has 2 atom stereocenters. The van der Waals surface area contributed by atoms with E-state index in [0.29, 0.717) is 17.8 Å². The molecule has 1 saturated heterocycles. The normalized spacial score (nSPS) is 25.5. The van der Waals surface area contributed by atoms with Gasteiger partial charge in [0.25, 0.3) is 0 Å². The highest BCUT2D eigenvalue weighted by atomic mass is 15.3.